The number of quaternary nitrogens is 1. The predicted molar refractivity (Wildman–Crippen MR) is 107 cm³/mol. The number of hydrogen-bond donors (Lipinski definition) is 2. The summed E-state index contributed by atoms with van der Waals surface area (Å²) in [7, 11) is 4.09. The van der Waals surface area contributed by atoms with E-state index in [2.05, 4.69) is 0 Å². The van der Waals surface area contributed by atoms with Crippen LogP contribution in [0.25, 0.3) is 0 Å². The molecule has 0 saturated heterocycles. The van der Waals surface area contributed by atoms with Gasteiger partial charge in [-0.2, -0.15) is 0 Å². The van der Waals surface area contributed by atoms with Crippen LogP contribution in [-0.2, 0) is 4.79 Å². The molecule has 1 atom stereocenters. The number of ketones is 1. The van der Waals surface area contributed by atoms with Gasteiger partial charge in [0.25, 0.3) is 5.91 Å². The van der Waals surface area contributed by atoms with Crippen LogP contribution in [0.5, 0.6) is 0 Å². The van der Waals surface area contributed by atoms with E-state index in [4.69, 9.17) is 11.6 Å². The van der Waals surface area contributed by atoms with Gasteiger partial charge in [0, 0.05) is 18.0 Å². The van der Waals surface area contributed by atoms with Crippen LogP contribution in [0.3, 0.4) is 0 Å². The number of Topliss-reactive ketones (excluding diaryl/α,β-unsaturated/α-hetero) is 1. The fourth-order valence-corrected chi connectivity index (χ4v) is 4.06. The van der Waals surface area contributed by atoms with Gasteiger partial charge in [-0.05, 0) is 29.1 Å². The number of hydrogen-bond acceptors (Lipinski definition) is 4. The summed E-state index contributed by atoms with van der Waals surface area (Å²) in [5, 5.41) is 12.9. The Labute approximate surface area is 167 Å². The Hall–Kier alpha value is -2.15. The van der Waals surface area contributed by atoms with Crippen molar-refractivity contribution in [2.75, 3.05) is 27.2 Å². The molecular weight excluding hydrogens is 384 g/mol. The SMILES string of the molecule is C[NH+](C)CCCN1C(=O)C(O)=C(C(=O)c2cccs2)[C@@H]1c1ccc(Cl)cc1. The van der Waals surface area contributed by atoms with E-state index in [9.17, 15) is 14.7 Å². The van der Waals surface area contributed by atoms with Gasteiger partial charge in [-0.15, -0.1) is 11.3 Å². The molecule has 1 aliphatic rings. The first-order chi connectivity index (χ1) is 12.9. The zero-order valence-electron chi connectivity index (χ0n) is 15.2. The molecule has 1 amide bonds. The monoisotopic (exact) mass is 405 g/mol. The Kier molecular flexibility index (Phi) is 5.99. The molecule has 1 aromatic carbocycles. The van der Waals surface area contributed by atoms with Gasteiger partial charge in [0.1, 0.15) is 0 Å². The molecule has 0 bridgehead atoms. The van der Waals surface area contributed by atoms with Crippen LogP contribution in [0.1, 0.15) is 27.7 Å². The van der Waals surface area contributed by atoms with E-state index in [1.54, 1.807) is 46.7 Å². The summed E-state index contributed by atoms with van der Waals surface area (Å²) in [6.07, 6.45) is 0.770. The van der Waals surface area contributed by atoms with Gasteiger partial charge in [-0.3, -0.25) is 9.59 Å². The minimum Gasteiger partial charge on any atom is -0.503 e. The van der Waals surface area contributed by atoms with Crippen LogP contribution < -0.4 is 4.90 Å². The van der Waals surface area contributed by atoms with Crippen LogP contribution in [0.15, 0.2) is 53.1 Å². The van der Waals surface area contributed by atoms with Crippen molar-refractivity contribution in [2.24, 2.45) is 0 Å². The van der Waals surface area contributed by atoms with Crippen LogP contribution in [-0.4, -0.2) is 48.9 Å². The van der Waals surface area contributed by atoms with Crippen molar-refractivity contribution in [3.8, 4) is 0 Å². The lowest BCUT2D eigenvalue weighted by molar-refractivity contribution is -0.858. The molecule has 0 spiro atoms. The van der Waals surface area contributed by atoms with Crippen molar-refractivity contribution in [3.63, 3.8) is 0 Å². The first-order valence-corrected chi connectivity index (χ1v) is 10.0. The Bertz CT molecular complexity index is 860. The number of thiophene rings is 1. The average molecular weight is 406 g/mol. The third kappa shape index (κ3) is 4.08. The van der Waals surface area contributed by atoms with Crippen molar-refractivity contribution in [1.29, 1.82) is 0 Å². The van der Waals surface area contributed by atoms with Crippen LogP contribution in [0.2, 0.25) is 5.02 Å². The maximum atomic E-state index is 13.0. The minimum atomic E-state index is -0.610. The van der Waals surface area contributed by atoms with E-state index >= 15 is 0 Å². The fraction of sp³-hybridized carbons (Fsp3) is 0.300. The number of carbonyl (C=O) groups excluding carboxylic acids is 2. The number of halogens is 1. The van der Waals surface area contributed by atoms with Crippen LogP contribution in [0, 0.1) is 0 Å². The zero-order valence-corrected chi connectivity index (χ0v) is 16.8. The number of rotatable bonds is 7. The third-order valence-electron chi connectivity index (χ3n) is 4.55. The van der Waals surface area contributed by atoms with Gasteiger partial charge in [0.2, 0.25) is 5.78 Å². The number of aliphatic hydroxyl groups is 1. The summed E-state index contributed by atoms with van der Waals surface area (Å²) in [5.74, 6) is -1.26. The van der Waals surface area contributed by atoms with Gasteiger partial charge in [0.05, 0.1) is 37.1 Å². The molecule has 3 rings (SSSR count). The fourth-order valence-electron chi connectivity index (χ4n) is 3.25. The molecule has 0 fully saturated rings. The van der Waals surface area contributed by atoms with Gasteiger partial charge in [-0.1, -0.05) is 29.8 Å². The van der Waals surface area contributed by atoms with Crippen molar-refractivity contribution in [2.45, 2.75) is 12.5 Å². The molecule has 1 aromatic heterocycles. The maximum Gasteiger partial charge on any atom is 0.290 e. The number of amides is 1. The Morgan fingerprint density at radius 2 is 1.96 bits per heavy atom. The number of benzene rings is 1. The first kappa shape index (κ1) is 19.6. The van der Waals surface area contributed by atoms with Crippen molar-refractivity contribution in [3.05, 3.63) is 68.6 Å². The lowest BCUT2D eigenvalue weighted by Crippen LogP contribution is -3.05. The van der Waals surface area contributed by atoms with E-state index in [0.29, 0.717) is 16.4 Å². The number of carbonyl (C=O) groups is 2. The summed E-state index contributed by atoms with van der Waals surface area (Å²) < 4.78 is 0. The van der Waals surface area contributed by atoms with Crippen molar-refractivity contribution in [1.82, 2.24) is 4.90 Å². The number of aliphatic hydroxyl groups excluding tert-OH is 1. The van der Waals surface area contributed by atoms with E-state index in [1.807, 2.05) is 14.1 Å². The Morgan fingerprint density at radius 1 is 1.26 bits per heavy atom. The molecule has 0 saturated carbocycles. The molecule has 5 nitrogen and oxygen atoms in total. The van der Waals surface area contributed by atoms with E-state index in [0.717, 1.165) is 18.5 Å². The van der Waals surface area contributed by atoms with Gasteiger partial charge >= 0.3 is 0 Å². The summed E-state index contributed by atoms with van der Waals surface area (Å²) in [4.78, 5) is 29.1. The van der Waals surface area contributed by atoms with Crippen molar-refractivity contribution >= 4 is 34.6 Å². The first-order valence-electron chi connectivity index (χ1n) is 8.77. The minimum absolute atomic E-state index is 0.141. The molecule has 0 radical (unpaired) electrons. The van der Waals surface area contributed by atoms with Gasteiger partial charge in [0.15, 0.2) is 5.76 Å². The molecule has 0 aliphatic carbocycles. The lowest BCUT2D eigenvalue weighted by Gasteiger charge is -2.27. The largest absolute Gasteiger partial charge is 0.503 e. The second-order valence-electron chi connectivity index (χ2n) is 6.83. The normalized spacial score (nSPS) is 17.3. The van der Waals surface area contributed by atoms with Crippen LogP contribution >= 0.6 is 22.9 Å². The average Bonchev–Trinajstić information content (AvgIpc) is 3.25. The van der Waals surface area contributed by atoms with E-state index < -0.39 is 17.7 Å². The standard InChI is InChI=1S/C20H21ClN2O3S/c1-22(2)10-4-11-23-17(13-6-8-14(21)9-7-13)16(19(25)20(23)26)18(24)15-5-3-12-27-15/h3,5-9,12,17,25H,4,10-11H2,1-2H3/p+1/t17-/m0/s1. The van der Waals surface area contributed by atoms with E-state index in [1.165, 1.54) is 16.2 Å². The predicted octanol–water partition coefficient (Wildman–Crippen LogP) is 2.51. The summed E-state index contributed by atoms with van der Waals surface area (Å²) in [6, 6.07) is 9.92. The molecular formula is C20H22ClN2O3S+. The summed E-state index contributed by atoms with van der Waals surface area (Å²) in [5.41, 5.74) is 0.899. The van der Waals surface area contributed by atoms with E-state index in [-0.39, 0.29) is 11.4 Å². The number of nitrogens with zero attached hydrogens (tertiary/aromatic N) is 1. The lowest BCUT2D eigenvalue weighted by atomic mass is 9.95. The van der Waals surface area contributed by atoms with Gasteiger partial charge < -0.3 is 14.9 Å². The molecule has 2 N–H and O–H groups in total. The van der Waals surface area contributed by atoms with Crippen LogP contribution in [0.4, 0.5) is 0 Å². The zero-order chi connectivity index (χ0) is 19.6. The quantitative estimate of drug-likeness (QED) is 0.696. The maximum absolute atomic E-state index is 13.0. The topological polar surface area (TPSA) is 62.1 Å². The molecule has 27 heavy (non-hydrogen) atoms. The molecule has 1 aliphatic heterocycles. The summed E-state index contributed by atoms with van der Waals surface area (Å²) in [6.45, 7) is 1.34. The Balaban J connectivity index is 1.99. The highest BCUT2D eigenvalue weighted by Gasteiger charge is 2.43. The second kappa shape index (κ2) is 8.25. The summed E-state index contributed by atoms with van der Waals surface area (Å²) >= 11 is 7.30. The van der Waals surface area contributed by atoms with Crippen molar-refractivity contribution < 1.29 is 19.6 Å². The molecule has 0 unspecified atom stereocenters. The third-order valence-corrected chi connectivity index (χ3v) is 5.68. The smallest absolute Gasteiger partial charge is 0.290 e. The molecule has 2 aromatic rings. The molecule has 7 heteroatoms. The Morgan fingerprint density at radius 3 is 2.56 bits per heavy atom. The second-order valence-corrected chi connectivity index (χ2v) is 8.22. The molecule has 2 heterocycles. The molecule has 142 valence electrons. The highest BCUT2D eigenvalue weighted by molar-refractivity contribution is 7.12. The highest BCUT2D eigenvalue weighted by atomic mass is 35.5. The number of nitrogens with one attached hydrogen (secondary N) is 1. The van der Waals surface area contributed by atoms with Gasteiger partial charge in [-0.25, -0.2) is 0 Å². The highest BCUT2D eigenvalue weighted by Crippen LogP contribution is 2.39.